The molecule has 2 aromatic rings. The summed E-state index contributed by atoms with van der Waals surface area (Å²) in [6.45, 7) is 3.59. The minimum atomic E-state index is 0. The summed E-state index contributed by atoms with van der Waals surface area (Å²) in [5.41, 5.74) is 2.50. The van der Waals surface area contributed by atoms with Crippen LogP contribution < -0.4 is 10.1 Å². The van der Waals surface area contributed by atoms with Crippen molar-refractivity contribution in [2.24, 2.45) is 4.99 Å². The number of methoxy groups -OCH3 is 2. The summed E-state index contributed by atoms with van der Waals surface area (Å²) < 4.78 is 10.8. The average molecular weight is 559 g/mol. The summed E-state index contributed by atoms with van der Waals surface area (Å²) in [7, 11) is 7.34. The number of aliphatic imine (C=N–C) groups is 1. The molecule has 1 aromatic carbocycles. The SMILES string of the molecule is CN=C(NCC1(c2cccc(OC)c2)CCCC1)N(C)Cc1csc(C(C)OC)n1.I. The lowest BCUT2D eigenvalue weighted by Gasteiger charge is -2.32. The van der Waals surface area contributed by atoms with Gasteiger partial charge in [-0.2, -0.15) is 0 Å². The van der Waals surface area contributed by atoms with E-state index < -0.39 is 0 Å². The molecular formula is C23H35IN4O2S. The zero-order valence-corrected chi connectivity index (χ0v) is 22.3. The molecule has 0 saturated heterocycles. The Morgan fingerprint density at radius 2 is 2.06 bits per heavy atom. The van der Waals surface area contributed by atoms with Crippen LogP contribution in [-0.4, -0.2) is 50.7 Å². The first kappa shape index (κ1) is 25.9. The van der Waals surface area contributed by atoms with Gasteiger partial charge in [0.15, 0.2) is 5.96 Å². The third-order valence-corrected chi connectivity index (χ3v) is 7.13. The lowest BCUT2D eigenvalue weighted by Crippen LogP contribution is -2.45. The van der Waals surface area contributed by atoms with Crippen molar-refractivity contribution in [1.82, 2.24) is 15.2 Å². The monoisotopic (exact) mass is 558 g/mol. The van der Waals surface area contributed by atoms with Crippen LogP contribution in [0.3, 0.4) is 0 Å². The molecule has 31 heavy (non-hydrogen) atoms. The maximum atomic E-state index is 5.47. The molecule has 1 atom stereocenters. The number of hydrogen-bond acceptors (Lipinski definition) is 5. The van der Waals surface area contributed by atoms with Gasteiger partial charge in [-0.3, -0.25) is 4.99 Å². The summed E-state index contributed by atoms with van der Waals surface area (Å²) >= 11 is 1.64. The fourth-order valence-corrected chi connectivity index (χ4v) is 5.05. The molecule has 1 saturated carbocycles. The van der Waals surface area contributed by atoms with Gasteiger partial charge in [-0.05, 0) is 37.5 Å². The average Bonchev–Trinajstić information content (AvgIpc) is 3.44. The molecule has 0 radical (unpaired) electrons. The van der Waals surface area contributed by atoms with Gasteiger partial charge in [-0.25, -0.2) is 4.98 Å². The Hall–Kier alpha value is -1.39. The minimum absolute atomic E-state index is 0. The summed E-state index contributed by atoms with van der Waals surface area (Å²) in [5, 5.41) is 6.74. The molecule has 3 rings (SSSR count). The number of nitrogens with one attached hydrogen (secondary N) is 1. The molecule has 1 aromatic heterocycles. The Morgan fingerprint density at radius 3 is 2.71 bits per heavy atom. The second kappa shape index (κ2) is 12.0. The first-order chi connectivity index (χ1) is 14.5. The molecule has 6 nitrogen and oxygen atoms in total. The molecule has 1 unspecified atom stereocenters. The normalized spacial score (nSPS) is 16.5. The maximum absolute atomic E-state index is 5.47. The number of benzene rings is 1. The predicted octanol–water partition coefficient (Wildman–Crippen LogP) is 5.00. The molecule has 172 valence electrons. The van der Waals surface area contributed by atoms with E-state index in [0.29, 0.717) is 6.54 Å². The van der Waals surface area contributed by atoms with Crippen molar-refractivity contribution in [3.63, 3.8) is 0 Å². The molecule has 1 N–H and O–H groups in total. The van der Waals surface area contributed by atoms with Gasteiger partial charge in [0.2, 0.25) is 0 Å². The van der Waals surface area contributed by atoms with Crippen molar-refractivity contribution in [2.45, 2.75) is 50.7 Å². The number of thiazole rings is 1. The van der Waals surface area contributed by atoms with Crippen LogP contribution in [0.15, 0.2) is 34.6 Å². The number of ether oxygens (including phenoxy) is 2. The Balaban J connectivity index is 0.00000341. The van der Waals surface area contributed by atoms with E-state index in [1.165, 1.54) is 31.2 Å². The molecular weight excluding hydrogens is 523 g/mol. The second-order valence-corrected chi connectivity index (χ2v) is 8.92. The molecule has 0 bridgehead atoms. The van der Waals surface area contributed by atoms with Gasteiger partial charge >= 0.3 is 0 Å². The Bertz CT molecular complexity index is 852. The van der Waals surface area contributed by atoms with E-state index in [1.807, 2.05) is 20.0 Å². The number of rotatable bonds is 8. The second-order valence-electron chi connectivity index (χ2n) is 8.03. The van der Waals surface area contributed by atoms with Crippen LogP contribution >= 0.6 is 35.3 Å². The summed E-state index contributed by atoms with van der Waals surface area (Å²) in [4.78, 5) is 11.4. The van der Waals surface area contributed by atoms with E-state index in [4.69, 9.17) is 14.5 Å². The first-order valence-corrected chi connectivity index (χ1v) is 11.4. The number of nitrogens with zero attached hydrogens (tertiary/aromatic N) is 3. The van der Waals surface area contributed by atoms with Crippen molar-refractivity contribution in [3.8, 4) is 5.75 Å². The maximum Gasteiger partial charge on any atom is 0.193 e. The van der Waals surface area contributed by atoms with Gasteiger partial charge in [0, 0.05) is 38.5 Å². The fraction of sp³-hybridized carbons (Fsp3) is 0.565. The Labute approximate surface area is 207 Å². The van der Waals surface area contributed by atoms with Crippen LogP contribution in [0.25, 0.3) is 0 Å². The molecule has 0 amide bonds. The lowest BCUT2D eigenvalue weighted by molar-refractivity contribution is 0.119. The molecule has 1 heterocycles. The van der Waals surface area contributed by atoms with Crippen molar-refractivity contribution in [1.29, 1.82) is 0 Å². The Kier molecular flexibility index (Phi) is 10.0. The van der Waals surface area contributed by atoms with Crippen LogP contribution in [0.4, 0.5) is 0 Å². The van der Waals surface area contributed by atoms with Crippen LogP contribution in [0.1, 0.15) is 55.0 Å². The van der Waals surface area contributed by atoms with Gasteiger partial charge < -0.3 is 19.7 Å². The summed E-state index contributed by atoms with van der Waals surface area (Å²) in [5.74, 6) is 1.81. The summed E-state index contributed by atoms with van der Waals surface area (Å²) in [6, 6.07) is 8.53. The van der Waals surface area contributed by atoms with Gasteiger partial charge in [-0.15, -0.1) is 35.3 Å². The molecule has 1 aliphatic carbocycles. The molecule has 0 aliphatic heterocycles. The van der Waals surface area contributed by atoms with Crippen LogP contribution in [0, 0.1) is 0 Å². The highest BCUT2D eigenvalue weighted by Gasteiger charge is 2.36. The fourth-order valence-electron chi connectivity index (χ4n) is 4.21. The topological polar surface area (TPSA) is 59.0 Å². The lowest BCUT2D eigenvalue weighted by atomic mass is 9.78. The van der Waals surface area contributed by atoms with E-state index in [2.05, 4.69) is 45.8 Å². The molecule has 1 fully saturated rings. The third kappa shape index (κ3) is 6.32. The van der Waals surface area contributed by atoms with Crippen molar-refractivity contribution in [2.75, 3.05) is 34.9 Å². The quantitative estimate of drug-likeness (QED) is 0.281. The summed E-state index contributed by atoms with van der Waals surface area (Å²) in [6.07, 6.45) is 4.90. The number of halogens is 1. The van der Waals surface area contributed by atoms with Gasteiger partial charge in [0.25, 0.3) is 0 Å². The zero-order valence-electron chi connectivity index (χ0n) is 19.2. The van der Waals surface area contributed by atoms with Crippen LogP contribution in [0.5, 0.6) is 5.75 Å². The van der Waals surface area contributed by atoms with Crippen molar-refractivity contribution >= 4 is 41.3 Å². The number of guanidine groups is 1. The van der Waals surface area contributed by atoms with E-state index in [1.54, 1.807) is 25.6 Å². The molecule has 1 aliphatic rings. The van der Waals surface area contributed by atoms with E-state index in [9.17, 15) is 0 Å². The van der Waals surface area contributed by atoms with E-state index in [0.717, 1.165) is 29.0 Å². The van der Waals surface area contributed by atoms with Gasteiger partial charge in [0.05, 0.1) is 19.3 Å². The van der Waals surface area contributed by atoms with Crippen LogP contribution in [-0.2, 0) is 16.7 Å². The molecule has 0 spiro atoms. The van der Waals surface area contributed by atoms with E-state index >= 15 is 0 Å². The third-order valence-electron chi connectivity index (χ3n) is 6.07. The highest BCUT2D eigenvalue weighted by Crippen LogP contribution is 2.41. The zero-order chi connectivity index (χ0) is 21.6. The smallest absolute Gasteiger partial charge is 0.193 e. The van der Waals surface area contributed by atoms with Crippen LogP contribution in [0.2, 0.25) is 0 Å². The highest BCUT2D eigenvalue weighted by atomic mass is 127. The highest BCUT2D eigenvalue weighted by molar-refractivity contribution is 14.0. The Morgan fingerprint density at radius 1 is 1.32 bits per heavy atom. The number of hydrogen-bond donors (Lipinski definition) is 1. The minimum Gasteiger partial charge on any atom is -0.497 e. The number of aromatic nitrogens is 1. The van der Waals surface area contributed by atoms with Gasteiger partial charge in [0.1, 0.15) is 16.9 Å². The van der Waals surface area contributed by atoms with Crippen molar-refractivity contribution < 1.29 is 9.47 Å². The van der Waals surface area contributed by atoms with E-state index in [-0.39, 0.29) is 35.5 Å². The van der Waals surface area contributed by atoms with Gasteiger partial charge in [-0.1, -0.05) is 25.0 Å². The molecule has 8 heteroatoms. The largest absolute Gasteiger partial charge is 0.497 e. The standard InChI is InChI=1S/C23H34N4O2S.HI/c1-17(28-4)21-26-19(15-30-21)14-27(3)22(24-2)25-16-23(11-6-7-12-23)18-9-8-10-20(13-18)29-5;/h8-10,13,15,17H,6-7,11-12,14,16H2,1-5H3,(H,24,25);1H. The van der Waals surface area contributed by atoms with Crippen molar-refractivity contribution in [3.05, 3.63) is 45.9 Å². The predicted molar refractivity (Wildman–Crippen MR) is 139 cm³/mol. The first-order valence-electron chi connectivity index (χ1n) is 10.5.